The highest BCUT2D eigenvalue weighted by Gasteiger charge is 2.17. The van der Waals surface area contributed by atoms with Crippen LogP contribution in [-0.2, 0) is 11.3 Å². The van der Waals surface area contributed by atoms with Gasteiger partial charge in [-0.05, 0) is 29.8 Å². The average molecular weight is 404 g/mol. The van der Waals surface area contributed by atoms with Gasteiger partial charge in [-0.3, -0.25) is 4.98 Å². The summed E-state index contributed by atoms with van der Waals surface area (Å²) < 4.78 is 19.7. The maximum Gasteiger partial charge on any atom is 0.225 e. The van der Waals surface area contributed by atoms with Gasteiger partial charge >= 0.3 is 0 Å². The van der Waals surface area contributed by atoms with Gasteiger partial charge in [-0.2, -0.15) is 4.98 Å². The van der Waals surface area contributed by atoms with Crippen molar-refractivity contribution in [2.45, 2.75) is 6.54 Å². The van der Waals surface area contributed by atoms with Crippen LogP contribution in [0.25, 0.3) is 22.2 Å². The van der Waals surface area contributed by atoms with Crippen molar-refractivity contribution in [3.8, 4) is 11.3 Å². The lowest BCUT2D eigenvalue weighted by atomic mass is 10.1. The molecule has 4 aromatic rings. The van der Waals surface area contributed by atoms with Crippen molar-refractivity contribution in [1.82, 2.24) is 19.9 Å². The predicted octanol–water partition coefficient (Wildman–Crippen LogP) is 3.61. The molecule has 0 atom stereocenters. The lowest BCUT2D eigenvalue weighted by Gasteiger charge is -2.28. The van der Waals surface area contributed by atoms with Crippen molar-refractivity contribution in [3.63, 3.8) is 0 Å². The number of fused-ring (bicyclic) bond motifs is 1. The van der Waals surface area contributed by atoms with Gasteiger partial charge in [0.2, 0.25) is 5.95 Å². The molecule has 0 amide bonds. The fourth-order valence-corrected chi connectivity index (χ4v) is 3.63. The largest absolute Gasteiger partial charge is 0.378 e. The highest BCUT2D eigenvalue weighted by molar-refractivity contribution is 5.94. The number of H-pyrrole nitrogens is 1. The van der Waals surface area contributed by atoms with E-state index in [0.29, 0.717) is 31.4 Å². The topological polar surface area (TPSA) is 79.0 Å². The molecular formula is C22H21FN6O. The van der Waals surface area contributed by atoms with E-state index in [2.05, 4.69) is 20.2 Å². The molecule has 1 aliphatic heterocycles. The van der Waals surface area contributed by atoms with Crippen molar-refractivity contribution in [2.24, 2.45) is 0 Å². The molecule has 0 saturated carbocycles. The number of anilines is 2. The Labute approximate surface area is 173 Å². The first-order valence-electron chi connectivity index (χ1n) is 9.88. The second kappa shape index (κ2) is 8.08. The number of aromatic nitrogens is 4. The van der Waals surface area contributed by atoms with Crippen LogP contribution in [0.5, 0.6) is 0 Å². The number of benzene rings is 1. The molecule has 5 rings (SSSR count). The molecule has 1 saturated heterocycles. The fourth-order valence-electron chi connectivity index (χ4n) is 3.63. The van der Waals surface area contributed by atoms with Crippen LogP contribution in [0.3, 0.4) is 0 Å². The number of pyridine rings is 1. The summed E-state index contributed by atoms with van der Waals surface area (Å²) in [6.07, 6.45) is 5.35. The van der Waals surface area contributed by atoms with Gasteiger partial charge in [0.05, 0.1) is 18.9 Å². The second-order valence-electron chi connectivity index (χ2n) is 7.14. The summed E-state index contributed by atoms with van der Waals surface area (Å²) >= 11 is 0. The quantitative estimate of drug-likeness (QED) is 0.529. The van der Waals surface area contributed by atoms with Crippen LogP contribution in [0.15, 0.2) is 55.0 Å². The monoisotopic (exact) mass is 404 g/mol. The zero-order chi connectivity index (χ0) is 20.3. The first kappa shape index (κ1) is 18.5. The van der Waals surface area contributed by atoms with Gasteiger partial charge in [0, 0.05) is 60.8 Å². The minimum absolute atomic E-state index is 0.309. The van der Waals surface area contributed by atoms with Gasteiger partial charge in [-0.1, -0.05) is 6.07 Å². The molecule has 1 fully saturated rings. The number of aromatic amines is 1. The van der Waals surface area contributed by atoms with E-state index in [1.165, 1.54) is 12.1 Å². The number of rotatable bonds is 5. The number of halogens is 1. The summed E-state index contributed by atoms with van der Waals surface area (Å²) in [6.45, 7) is 3.35. The maximum absolute atomic E-state index is 14.3. The Morgan fingerprint density at radius 2 is 2.03 bits per heavy atom. The van der Waals surface area contributed by atoms with Crippen LogP contribution in [0.1, 0.15) is 5.56 Å². The molecule has 7 nitrogen and oxygen atoms in total. The normalized spacial score (nSPS) is 14.2. The van der Waals surface area contributed by atoms with Crippen LogP contribution >= 0.6 is 0 Å². The third-order valence-electron chi connectivity index (χ3n) is 5.13. The number of hydrogen-bond donors (Lipinski definition) is 2. The zero-order valence-electron chi connectivity index (χ0n) is 16.3. The first-order valence-corrected chi connectivity index (χ1v) is 9.88. The molecular weight excluding hydrogens is 383 g/mol. The molecule has 30 heavy (non-hydrogen) atoms. The minimum atomic E-state index is -0.309. The number of morpholine rings is 1. The summed E-state index contributed by atoms with van der Waals surface area (Å²) in [5.74, 6) is 0.979. The van der Waals surface area contributed by atoms with Crippen LogP contribution in [-0.4, -0.2) is 46.2 Å². The summed E-state index contributed by atoms with van der Waals surface area (Å²) in [7, 11) is 0. The fraction of sp³-hybridized carbons (Fsp3) is 0.227. The molecule has 0 unspecified atom stereocenters. The third kappa shape index (κ3) is 3.81. The van der Waals surface area contributed by atoms with Crippen LogP contribution in [0.2, 0.25) is 0 Å². The Morgan fingerprint density at radius 1 is 1.13 bits per heavy atom. The van der Waals surface area contributed by atoms with E-state index in [4.69, 9.17) is 14.7 Å². The van der Waals surface area contributed by atoms with Crippen molar-refractivity contribution in [3.05, 3.63) is 66.4 Å². The van der Waals surface area contributed by atoms with Crippen LogP contribution < -0.4 is 10.2 Å². The smallest absolute Gasteiger partial charge is 0.225 e. The molecule has 0 spiro atoms. The number of nitrogens with one attached hydrogen (secondary N) is 2. The SMILES string of the molecule is Fc1cc(-c2cc(N3CCOCC3)nc(NCc3cccnc3)n2)c2cc[nH]c2c1. The molecule has 3 aromatic heterocycles. The van der Waals surface area contributed by atoms with Crippen molar-refractivity contribution >= 4 is 22.7 Å². The van der Waals surface area contributed by atoms with E-state index in [9.17, 15) is 4.39 Å². The van der Waals surface area contributed by atoms with E-state index >= 15 is 0 Å². The van der Waals surface area contributed by atoms with E-state index in [1.807, 2.05) is 24.3 Å². The molecule has 2 N–H and O–H groups in total. The van der Waals surface area contributed by atoms with Gasteiger partial charge in [-0.25, -0.2) is 9.37 Å². The zero-order valence-corrected chi connectivity index (χ0v) is 16.3. The van der Waals surface area contributed by atoms with Crippen molar-refractivity contribution in [2.75, 3.05) is 36.5 Å². The standard InChI is InChI=1S/C22H21FN6O/c23-16-10-18(17-3-5-25-19(17)11-16)20-12-21(29-6-8-30-9-7-29)28-22(27-20)26-14-15-2-1-4-24-13-15/h1-5,10-13,25H,6-9,14H2,(H,26,27,28). The summed E-state index contributed by atoms with van der Waals surface area (Å²) in [6, 6.07) is 10.7. The Balaban J connectivity index is 1.56. The Morgan fingerprint density at radius 3 is 2.87 bits per heavy atom. The van der Waals surface area contributed by atoms with Gasteiger partial charge in [-0.15, -0.1) is 0 Å². The van der Waals surface area contributed by atoms with E-state index in [-0.39, 0.29) is 5.82 Å². The molecule has 0 radical (unpaired) electrons. The molecule has 152 valence electrons. The third-order valence-corrected chi connectivity index (χ3v) is 5.13. The predicted molar refractivity (Wildman–Crippen MR) is 114 cm³/mol. The number of ether oxygens (including phenoxy) is 1. The Bertz CT molecular complexity index is 1160. The second-order valence-corrected chi connectivity index (χ2v) is 7.14. The first-order chi connectivity index (χ1) is 14.8. The molecule has 1 aliphatic rings. The lowest BCUT2D eigenvalue weighted by Crippen LogP contribution is -2.36. The van der Waals surface area contributed by atoms with Crippen molar-refractivity contribution < 1.29 is 9.13 Å². The molecule has 8 heteroatoms. The van der Waals surface area contributed by atoms with Crippen molar-refractivity contribution in [1.29, 1.82) is 0 Å². The maximum atomic E-state index is 14.3. The highest BCUT2D eigenvalue weighted by Crippen LogP contribution is 2.31. The van der Waals surface area contributed by atoms with Crippen LogP contribution in [0, 0.1) is 5.82 Å². The van der Waals surface area contributed by atoms with Gasteiger partial charge < -0.3 is 19.9 Å². The van der Waals surface area contributed by atoms with Gasteiger partial charge in [0.15, 0.2) is 0 Å². The molecule has 0 aliphatic carbocycles. The minimum Gasteiger partial charge on any atom is -0.378 e. The average Bonchev–Trinajstić information content (AvgIpc) is 3.26. The molecule has 1 aromatic carbocycles. The Hall–Kier alpha value is -3.52. The summed E-state index contributed by atoms with van der Waals surface area (Å²) in [5, 5.41) is 4.20. The van der Waals surface area contributed by atoms with E-state index in [1.54, 1.807) is 18.6 Å². The summed E-state index contributed by atoms with van der Waals surface area (Å²) in [4.78, 5) is 18.8. The lowest BCUT2D eigenvalue weighted by molar-refractivity contribution is 0.122. The van der Waals surface area contributed by atoms with Gasteiger partial charge in [0.1, 0.15) is 11.6 Å². The van der Waals surface area contributed by atoms with E-state index in [0.717, 1.165) is 40.9 Å². The highest BCUT2D eigenvalue weighted by atomic mass is 19.1. The van der Waals surface area contributed by atoms with Crippen LogP contribution in [0.4, 0.5) is 16.2 Å². The Kier molecular flexibility index (Phi) is 4.98. The number of hydrogen-bond acceptors (Lipinski definition) is 6. The van der Waals surface area contributed by atoms with E-state index < -0.39 is 0 Å². The molecule has 0 bridgehead atoms. The number of nitrogens with zero attached hydrogens (tertiary/aromatic N) is 4. The van der Waals surface area contributed by atoms with Gasteiger partial charge in [0.25, 0.3) is 0 Å². The molecule has 4 heterocycles. The summed E-state index contributed by atoms with van der Waals surface area (Å²) in [5.41, 5.74) is 3.16.